The fraction of sp³-hybridized carbons (Fsp3) is 0.750. The maximum Gasteiger partial charge on any atom is 0.142 e. The van der Waals surface area contributed by atoms with Gasteiger partial charge in [-0.15, -0.1) is 0 Å². The average molecular weight is 317 g/mol. The highest BCUT2D eigenvalue weighted by Crippen LogP contribution is 2.63. The number of carbonyl (C=O) groups excluding carboxylic acids is 1. The van der Waals surface area contributed by atoms with Crippen molar-refractivity contribution >= 4 is 6.29 Å². The maximum absolute atomic E-state index is 11.1. The van der Waals surface area contributed by atoms with E-state index in [1.807, 2.05) is 6.92 Å². The normalized spacial score (nSPS) is 51.7. The van der Waals surface area contributed by atoms with Crippen molar-refractivity contribution in [3.63, 3.8) is 0 Å². The molecule has 3 N–H and O–H groups in total. The van der Waals surface area contributed by atoms with E-state index in [9.17, 15) is 9.90 Å². The van der Waals surface area contributed by atoms with Crippen molar-refractivity contribution in [1.29, 1.82) is 0 Å². The van der Waals surface area contributed by atoms with E-state index < -0.39 is 0 Å². The number of aliphatic hydroxyl groups is 1. The van der Waals surface area contributed by atoms with E-state index in [4.69, 9.17) is 5.73 Å². The van der Waals surface area contributed by atoms with Gasteiger partial charge in [0.1, 0.15) is 6.29 Å². The van der Waals surface area contributed by atoms with Crippen LogP contribution in [0.15, 0.2) is 23.8 Å². The van der Waals surface area contributed by atoms with E-state index in [1.165, 1.54) is 12.0 Å². The number of allylic oxidation sites excluding steroid dienone is 4. The summed E-state index contributed by atoms with van der Waals surface area (Å²) in [5.41, 5.74) is 7.46. The predicted octanol–water partition coefficient (Wildman–Crippen LogP) is 3.23. The summed E-state index contributed by atoms with van der Waals surface area (Å²) < 4.78 is 0. The Morgan fingerprint density at radius 3 is 2.65 bits per heavy atom. The van der Waals surface area contributed by atoms with Gasteiger partial charge in [0.05, 0.1) is 6.10 Å². The summed E-state index contributed by atoms with van der Waals surface area (Å²) in [4.78, 5) is 11.1. The van der Waals surface area contributed by atoms with Crippen molar-refractivity contribution in [2.45, 2.75) is 65.0 Å². The lowest BCUT2D eigenvalue weighted by Crippen LogP contribution is -2.57. The molecule has 3 fully saturated rings. The lowest BCUT2D eigenvalue weighted by molar-refractivity contribution is -0.108. The molecule has 0 aromatic heterocycles. The quantitative estimate of drug-likeness (QED) is 0.467. The third-order valence-corrected chi connectivity index (χ3v) is 7.44. The molecule has 23 heavy (non-hydrogen) atoms. The smallest absolute Gasteiger partial charge is 0.142 e. The van der Waals surface area contributed by atoms with E-state index in [-0.39, 0.29) is 28.9 Å². The zero-order valence-corrected chi connectivity index (χ0v) is 14.7. The molecule has 3 nitrogen and oxygen atoms in total. The number of carbonyl (C=O) groups is 1. The second-order valence-corrected chi connectivity index (χ2v) is 8.41. The molecule has 128 valence electrons. The third-order valence-electron chi connectivity index (χ3n) is 7.44. The van der Waals surface area contributed by atoms with Gasteiger partial charge in [-0.05, 0) is 62.4 Å². The largest absolute Gasteiger partial charge is 0.393 e. The number of hydrogen-bond donors (Lipinski definition) is 2. The van der Waals surface area contributed by atoms with Crippen LogP contribution in [0.5, 0.6) is 0 Å². The van der Waals surface area contributed by atoms with Gasteiger partial charge in [0.2, 0.25) is 0 Å². The zero-order chi connectivity index (χ0) is 16.8. The highest BCUT2D eigenvalue weighted by Gasteiger charge is 2.60. The molecule has 0 bridgehead atoms. The van der Waals surface area contributed by atoms with Gasteiger partial charge in [-0.2, -0.15) is 0 Å². The molecule has 0 aromatic carbocycles. The van der Waals surface area contributed by atoms with Crippen LogP contribution in [-0.4, -0.2) is 23.5 Å². The molecule has 0 heterocycles. The fourth-order valence-corrected chi connectivity index (χ4v) is 6.35. The minimum Gasteiger partial charge on any atom is -0.393 e. The summed E-state index contributed by atoms with van der Waals surface area (Å²) in [5, 5.41) is 11.1. The summed E-state index contributed by atoms with van der Waals surface area (Å²) in [6, 6.07) is 0.211. The van der Waals surface area contributed by atoms with Crippen LogP contribution in [-0.2, 0) is 4.79 Å². The summed E-state index contributed by atoms with van der Waals surface area (Å²) in [6.07, 6.45) is 11.7. The van der Waals surface area contributed by atoms with Crippen LogP contribution in [0.3, 0.4) is 0 Å². The molecule has 0 spiro atoms. The minimum atomic E-state index is -0.345. The summed E-state index contributed by atoms with van der Waals surface area (Å²) in [7, 11) is 0. The highest BCUT2D eigenvalue weighted by molar-refractivity contribution is 5.67. The Bertz CT molecular complexity index is 540. The molecule has 0 amide bonds. The number of aliphatic hydroxyl groups excluding tert-OH is 1. The molecule has 0 aliphatic heterocycles. The van der Waals surface area contributed by atoms with Crippen LogP contribution in [0.4, 0.5) is 0 Å². The van der Waals surface area contributed by atoms with Crippen molar-refractivity contribution in [1.82, 2.24) is 0 Å². The Balaban J connectivity index is 2.04. The van der Waals surface area contributed by atoms with Crippen LogP contribution in [0.1, 0.15) is 52.9 Å². The second kappa shape index (κ2) is 5.86. The Morgan fingerprint density at radius 1 is 1.26 bits per heavy atom. The summed E-state index contributed by atoms with van der Waals surface area (Å²) >= 11 is 0. The first-order chi connectivity index (χ1) is 10.9. The molecule has 7 unspecified atom stereocenters. The van der Waals surface area contributed by atoms with Gasteiger partial charge in [0.15, 0.2) is 0 Å². The van der Waals surface area contributed by atoms with Crippen molar-refractivity contribution < 1.29 is 9.90 Å². The zero-order valence-electron chi connectivity index (χ0n) is 14.7. The van der Waals surface area contributed by atoms with Crippen LogP contribution in [0, 0.1) is 28.6 Å². The Kier molecular flexibility index (Phi) is 4.31. The average Bonchev–Trinajstić information content (AvgIpc) is 2.77. The van der Waals surface area contributed by atoms with Gasteiger partial charge in [-0.1, -0.05) is 31.6 Å². The predicted molar refractivity (Wildman–Crippen MR) is 92.7 cm³/mol. The SMILES string of the molecule is C/C=C\C1(C)/C(=C\C=O)CCC2C1C(O)CC1(C)C(N)CCC21. The minimum absolute atomic E-state index is 0.0727. The molecule has 3 saturated carbocycles. The number of aldehydes is 1. The van der Waals surface area contributed by atoms with Crippen LogP contribution in [0.25, 0.3) is 0 Å². The van der Waals surface area contributed by atoms with Crippen molar-refractivity contribution in [2.75, 3.05) is 0 Å². The molecule has 3 heteroatoms. The number of rotatable bonds is 2. The second-order valence-electron chi connectivity index (χ2n) is 8.41. The molecule has 3 aliphatic rings. The van der Waals surface area contributed by atoms with Crippen molar-refractivity contribution in [2.24, 2.45) is 34.3 Å². The Hall–Kier alpha value is -0.930. The van der Waals surface area contributed by atoms with Gasteiger partial charge >= 0.3 is 0 Å². The first kappa shape index (κ1) is 16.9. The van der Waals surface area contributed by atoms with Crippen molar-refractivity contribution in [3.8, 4) is 0 Å². The summed E-state index contributed by atoms with van der Waals surface area (Å²) in [5.74, 6) is 1.30. The molecular weight excluding hydrogens is 286 g/mol. The molecule has 3 aliphatic carbocycles. The fourth-order valence-electron chi connectivity index (χ4n) is 6.35. The summed E-state index contributed by atoms with van der Waals surface area (Å²) in [6.45, 7) is 6.52. The van der Waals surface area contributed by atoms with Gasteiger partial charge in [-0.3, -0.25) is 4.79 Å². The van der Waals surface area contributed by atoms with Gasteiger partial charge in [0.25, 0.3) is 0 Å². The van der Waals surface area contributed by atoms with Crippen LogP contribution >= 0.6 is 0 Å². The molecule has 0 saturated heterocycles. The topological polar surface area (TPSA) is 63.3 Å². The standard InChI is InChI=1S/C20H31NO2/c1-4-10-19(2)13(9-11-22)5-6-14-15-7-8-17(21)20(15,3)12-16(23)18(14)19/h4,9-11,14-18,23H,5-8,12,21H2,1-3H3/b10-4-,13-9-. The number of fused-ring (bicyclic) bond motifs is 3. The number of hydrogen-bond acceptors (Lipinski definition) is 3. The van der Waals surface area contributed by atoms with Crippen LogP contribution in [0.2, 0.25) is 0 Å². The van der Waals surface area contributed by atoms with Gasteiger partial charge in [0, 0.05) is 17.4 Å². The maximum atomic E-state index is 11.1. The molecule has 0 radical (unpaired) electrons. The van der Waals surface area contributed by atoms with E-state index in [1.54, 1.807) is 6.08 Å². The molecule has 0 aromatic rings. The van der Waals surface area contributed by atoms with E-state index in [0.717, 1.165) is 32.0 Å². The highest BCUT2D eigenvalue weighted by atomic mass is 16.3. The third kappa shape index (κ3) is 2.35. The first-order valence-electron chi connectivity index (χ1n) is 9.10. The molecule has 7 atom stereocenters. The Morgan fingerprint density at radius 2 is 2.00 bits per heavy atom. The van der Waals surface area contributed by atoms with E-state index >= 15 is 0 Å². The van der Waals surface area contributed by atoms with E-state index in [2.05, 4.69) is 26.0 Å². The molecule has 3 rings (SSSR count). The lowest BCUT2D eigenvalue weighted by atomic mass is 9.48. The van der Waals surface area contributed by atoms with Crippen molar-refractivity contribution in [3.05, 3.63) is 23.8 Å². The van der Waals surface area contributed by atoms with E-state index in [0.29, 0.717) is 11.8 Å². The van der Waals surface area contributed by atoms with Gasteiger partial charge < -0.3 is 10.8 Å². The van der Waals surface area contributed by atoms with Gasteiger partial charge in [-0.25, -0.2) is 0 Å². The Labute approximate surface area is 140 Å². The monoisotopic (exact) mass is 317 g/mol. The number of nitrogens with two attached hydrogens (primary N) is 1. The van der Waals surface area contributed by atoms with Crippen LogP contribution < -0.4 is 5.73 Å². The first-order valence-corrected chi connectivity index (χ1v) is 9.10. The lowest BCUT2D eigenvalue weighted by Gasteiger charge is -2.58. The molecular formula is C20H31NO2.